The van der Waals surface area contributed by atoms with Gasteiger partial charge in [-0.15, -0.1) is 0 Å². The van der Waals surface area contributed by atoms with Gasteiger partial charge in [0.15, 0.2) is 9.84 Å². The summed E-state index contributed by atoms with van der Waals surface area (Å²) in [7, 11) is -2.13. The van der Waals surface area contributed by atoms with Gasteiger partial charge < -0.3 is 9.47 Å². The van der Waals surface area contributed by atoms with Crippen molar-refractivity contribution in [1.29, 1.82) is 0 Å². The van der Waals surface area contributed by atoms with E-state index in [1.807, 2.05) is 0 Å². The molecule has 1 aromatic rings. The van der Waals surface area contributed by atoms with Crippen LogP contribution in [-0.4, -0.2) is 40.1 Å². The summed E-state index contributed by atoms with van der Waals surface area (Å²) < 4.78 is 32.3. The minimum atomic E-state index is -3.42. The number of benzene rings is 1. The third kappa shape index (κ3) is 3.54. The zero-order chi connectivity index (χ0) is 14.6. The lowest BCUT2D eigenvalue weighted by atomic mass is 10.1. The van der Waals surface area contributed by atoms with Gasteiger partial charge in [0.05, 0.1) is 24.2 Å². The number of hydrogen-bond donors (Lipinski definition) is 0. The van der Waals surface area contributed by atoms with Crippen molar-refractivity contribution >= 4 is 21.6 Å². The first-order valence-electron chi connectivity index (χ1n) is 5.40. The quantitative estimate of drug-likeness (QED) is 0.453. The molecule has 0 saturated carbocycles. The van der Waals surface area contributed by atoms with Crippen LogP contribution in [-0.2, 0) is 19.4 Å². The van der Waals surface area contributed by atoms with Crippen molar-refractivity contribution in [3.05, 3.63) is 23.8 Å². The molecule has 0 aliphatic rings. The Kier molecular flexibility index (Phi) is 4.66. The molecular formula is C12H14O6S. The maximum absolute atomic E-state index is 11.8. The van der Waals surface area contributed by atoms with Crippen LogP contribution in [0.25, 0.3) is 0 Å². The van der Waals surface area contributed by atoms with Crippen LogP contribution in [0.2, 0.25) is 0 Å². The molecular weight excluding hydrogens is 272 g/mol. The number of methoxy groups -OCH3 is 1. The second-order valence-electron chi connectivity index (χ2n) is 3.68. The third-order valence-electron chi connectivity index (χ3n) is 2.31. The predicted molar refractivity (Wildman–Crippen MR) is 67.1 cm³/mol. The number of hydrogen-bond acceptors (Lipinski definition) is 6. The molecule has 0 atom stereocenters. The van der Waals surface area contributed by atoms with Crippen LogP contribution in [0.4, 0.5) is 0 Å². The Labute approximate surface area is 111 Å². The summed E-state index contributed by atoms with van der Waals surface area (Å²) in [5, 5.41) is 0. The molecule has 19 heavy (non-hydrogen) atoms. The van der Waals surface area contributed by atoms with E-state index >= 15 is 0 Å². The molecule has 0 amide bonds. The van der Waals surface area contributed by atoms with Crippen molar-refractivity contribution in [1.82, 2.24) is 0 Å². The van der Waals surface area contributed by atoms with Crippen LogP contribution in [0.5, 0.6) is 5.75 Å². The van der Waals surface area contributed by atoms with Crippen LogP contribution >= 0.6 is 0 Å². The Balaban J connectivity index is 3.24. The summed E-state index contributed by atoms with van der Waals surface area (Å²) in [6.45, 7) is 1.66. The Morgan fingerprint density at radius 1 is 1.26 bits per heavy atom. The Bertz CT molecular complexity index is 603. The topological polar surface area (TPSA) is 86.7 Å². The summed E-state index contributed by atoms with van der Waals surface area (Å²) in [6.07, 6.45) is 1.04. The van der Waals surface area contributed by atoms with E-state index in [0.717, 1.165) is 6.26 Å². The minimum absolute atomic E-state index is 0.00441. The van der Waals surface area contributed by atoms with Crippen LogP contribution in [0, 0.1) is 0 Å². The summed E-state index contributed by atoms with van der Waals surface area (Å²) in [4.78, 5) is 23.1. The molecule has 7 heteroatoms. The molecule has 0 N–H and O–H groups in total. The van der Waals surface area contributed by atoms with Crippen molar-refractivity contribution in [2.45, 2.75) is 11.8 Å². The van der Waals surface area contributed by atoms with Gasteiger partial charge in [0.25, 0.3) is 5.78 Å². The number of sulfone groups is 1. The molecule has 0 radical (unpaired) electrons. The Hall–Kier alpha value is -1.89. The van der Waals surface area contributed by atoms with Gasteiger partial charge in [-0.3, -0.25) is 4.79 Å². The first kappa shape index (κ1) is 15.2. The lowest BCUT2D eigenvalue weighted by molar-refractivity contribution is -0.137. The highest BCUT2D eigenvalue weighted by Crippen LogP contribution is 2.23. The van der Waals surface area contributed by atoms with Gasteiger partial charge in [-0.05, 0) is 25.1 Å². The maximum Gasteiger partial charge on any atom is 0.379 e. The number of esters is 1. The summed E-state index contributed by atoms with van der Waals surface area (Å²) >= 11 is 0. The average Bonchev–Trinajstić information content (AvgIpc) is 2.36. The van der Waals surface area contributed by atoms with Crippen LogP contribution in [0.3, 0.4) is 0 Å². The van der Waals surface area contributed by atoms with Crippen molar-refractivity contribution in [2.75, 3.05) is 20.0 Å². The first-order chi connectivity index (χ1) is 8.81. The lowest BCUT2D eigenvalue weighted by Crippen LogP contribution is -2.18. The van der Waals surface area contributed by atoms with Gasteiger partial charge in [-0.25, -0.2) is 13.2 Å². The lowest BCUT2D eigenvalue weighted by Gasteiger charge is -2.08. The van der Waals surface area contributed by atoms with Crippen molar-refractivity contribution in [3.63, 3.8) is 0 Å². The highest BCUT2D eigenvalue weighted by atomic mass is 32.2. The van der Waals surface area contributed by atoms with E-state index in [0.29, 0.717) is 0 Å². The average molecular weight is 286 g/mol. The van der Waals surface area contributed by atoms with Crippen molar-refractivity contribution < 1.29 is 27.5 Å². The SMILES string of the molecule is CCOC(=O)C(=O)c1ccc(S(C)(=O)=O)cc1OC. The van der Waals surface area contributed by atoms with Crippen LogP contribution < -0.4 is 4.74 Å². The largest absolute Gasteiger partial charge is 0.496 e. The van der Waals surface area contributed by atoms with E-state index in [1.165, 1.54) is 25.3 Å². The monoisotopic (exact) mass is 286 g/mol. The van der Waals surface area contributed by atoms with Gasteiger partial charge in [0.2, 0.25) is 0 Å². The fraction of sp³-hybridized carbons (Fsp3) is 0.333. The number of rotatable bonds is 5. The van der Waals surface area contributed by atoms with Gasteiger partial charge in [-0.1, -0.05) is 0 Å². The molecule has 104 valence electrons. The van der Waals surface area contributed by atoms with E-state index in [1.54, 1.807) is 6.92 Å². The van der Waals surface area contributed by atoms with Crippen LogP contribution in [0.15, 0.2) is 23.1 Å². The van der Waals surface area contributed by atoms with Gasteiger partial charge in [-0.2, -0.15) is 0 Å². The molecule has 0 aliphatic heterocycles. The standard InChI is InChI=1S/C12H14O6S/c1-4-18-12(14)11(13)9-6-5-8(19(3,15)16)7-10(9)17-2/h5-7H,4H2,1-3H3. The molecule has 0 aromatic heterocycles. The maximum atomic E-state index is 11.8. The second-order valence-corrected chi connectivity index (χ2v) is 5.70. The Morgan fingerprint density at radius 3 is 2.37 bits per heavy atom. The number of ether oxygens (including phenoxy) is 2. The molecule has 1 rings (SSSR count). The first-order valence-corrected chi connectivity index (χ1v) is 7.30. The smallest absolute Gasteiger partial charge is 0.379 e. The van der Waals surface area contributed by atoms with Crippen molar-refractivity contribution in [3.8, 4) is 5.75 Å². The fourth-order valence-corrected chi connectivity index (χ4v) is 2.03. The van der Waals surface area contributed by atoms with Gasteiger partial charge in [0, 0.05) is 6.26 Å². The van der Waals surface area contributed by atoms with Crippen LogP contribution in [0.1, 0.15) is 17.3 Å². The normalized spacial score (nSPS) is 10.9. The summed E-state index contributed by atoms with van der Waals surface area (Å²) in [5.41, 5.74) is -0.0339. The molecule has 0 spiro atoms. The molecule has 0 bridgehead atoms. The minimum Gasteiger partial charge on any atom is -0.496 e. The molecule has 0 aliphatic carbocycles. The van der Waals surface area contributed by atoms with E-state index < -0.39 is 21.6 Å². The van der Waals surface area contributed by atoms with E-state index in [9.17, 15) is 18.0 Å². The molecule has 6 nitrogen and oxygen atoms in total. The van der Waals surface area contributed by atoms with E-state index in [2.05, 4.69) is 4.74 Å². The molecule has 0 unspecified atom stereocenters. The number of carbonyl (C=O) groups excluding carboxylic acids is 2. The predicted octanol–water partition coefficient (Wildman–Crippen LogP) is 0.845. The third-order valence-corrected chi connectivity index (χ3v) is 3.42. The molecule has 0 heterocycles. The van der Waals surface area contributed by atoms with E-state index in [-0.39, 0.29) is 22.8 Å². The highest BCUT2D eigenvalue weighted by molar-refractivity contribution is 7.90. The zero-order valence-electron chi connectivity index (χ0n) is 10.8. The highest BCUT2D eigenvalue weighted by Gasteiger charge is 2.23. The number of carbonyl (C=O) groups is 2. The fourth-order valence-electron chi connectivity index (χ4n) is 1.40. The molecule has 0 saturated heterocycles. The number of Topliss-reactive ketones (excluding diaryl/α,β-unsaturated/α-hetero) is 1. The molecule has 0 fully saturated rings. The Morgan fingerprint density at radius 2 is 1.89 bits per heavy atom. The zero-order valence-corrected chi connectivity index (χ0v) is 11.6. The van der Waals surface area contributed by atoms with Gasteiger partial charge >= 0.3 is 5.97 Å². The summed E-state index contributed by atoms with van der Waals surface area (Å²) in [6, 6.07) is 3.67. The molecule has 1 aromatic carbocycles. The van der Waals surface area contributed by atoms with Crippen molar-refractivity contribution in [2.24, 2.45) is 0 Å². The number of ketones is 1. The summed E-state index contributed by atoms with van der Waals surface area (Å²) in [5.74, 6) is -1.87. The van der Waals surface area contributed by atoms with Gasteiger partial charge in [0.1, 0.15) is 5.75 Å². The second kappa shape index (κ2) is 5.83. The van der Waals surface area contributed by atoms with E-state index in [4.69, 9.17) is 4.74 Å².